The molecule has 0 saturated carbocycles. The fraction of sp³-hybridized carbons (Fsp3) is 0.143. The van der Waals surface area contributed by atoms with Gasteiger partial charge in [-0.3, -0.25) is 5.21 Å². The number of rotatable bonds is 1. The number of nitrogens with zero attached hydrogens (tertiary/aromatic N) is 1. The number of hydrogen-bond donors (Lipinski definition) is 2. The molecule has 1 aromatic rings. The lowest BCUT2D eigenvalue weighted by atomic mass is 10.2. The minimum absolute atomic E-state index is 0.597. The zero-order valence-corrected chi connectivity index (χ0v) is 5.78. The molecular formula is C7H10N2O. The smallest absolute Gasteiger partial charge is 0.0820 e. The Morgan fingerprint density at radius 1 is 1.50 bits per heavy atom. The third kappa shape index (κ3) is 1.46. The molecule has 0 aliphatic heterocycles. The van der Waals surface area contributed by atoms with Crippen LogP contribution in [0.1, 0.15) is 5.56 Å². The summed E-state index contributed by atoms with van der Waals surface area (Å²) in [7, 11) is 0. The second-order valence-corrected chi connectivity index (χ2v) is 2.18. The number of hydrazine groups is 1. The Morgan fingerprint density at radius 2 is 2.20 bits per heavy atom. The van der Waals surface area contributed by atoms with E-state index in [1.807, 2.05) is 19.1 Å². The van der Waals surface area contributed by atoms with E-state index in [4.69, 9.17) is 11.0 Å². The molecule has 0 amide bonds. The summed E-state index contributed by atoms with van der Waals surface area (Å²) in [5.41, 5.74) is 1.67. The van der Waals surface area contributed by atoms with Crippen molar-refractivity contribution in [3.05, 3.63) is 29.8 Å². The molecule has 0 aromatic heterocycles. The first-order valence-electron chi connectivity index (χ1n) is 3.00. The summed E-state index contributed by atoms with van der Waals surface area (Å²) in [4.78, 5) is 0. The van der Waals surface area contributed by atoms with Gasteiger partial charge < -0.3 is 0 Å². The Labute approximate surface area is 59.6 Å². The zero-order chi connectivity index (χ0) is 7.56. The van der Waals surface area contributed by atoms with Gasteiger partial charge in [0.05, 0.1) is 5.69 Å². The van der Waals surface area contributed by atoms with Gasteiger partial charge in [0.2, 0.25) is 0 Å². The second kappa shape index (κ2) is 2.68. The summed E-state index contributed by atoms with van der Waals surface area (Å²) in [6.07, 6.45) is 0. The number of aryl methyl sites for hydroxylation is 1. The van der Waals surface area contributed by atoms with Crippen molar-refractivity contribution < 1.29 is 5.21 Å². The van der Waals surface area contributed by atoms with Crippen LogP contribution < -0.4 is 11.0 Å². The summed E-state index contributed by atoms with van der Waals surface area (Å²) in [6.45, 7) is 1.94. The van der Waals surface area contributed by atoms with E-state index >= 15 is 0 Å². The lowest BCUT2D eigenvalue weighted by Gasteiger charge is -2.08. The quantitative estimate of drug-likeness (QED) is 0.450. The van der Waals surface area contributed by atoms with Gasteiger partial charge in [0.1, 0.15) is 0 Å². The fourth-order valence-corrected chi connectivity index (χ4v) is 0.770. The van der Waals surface area contributed by atoms with Gasteiger partial charge in [-0.2, -0.15) is 5.17 Å². The van der Waals surface area contributed by atoms with Crippen molar-refractivity contribution in [2.24, 2.45) is 5.84 Å². The van der Waals surface area contributed by atoms with Gasteiger partial charge in [-0.25, -0.2) is 5.84 Å². The van der Waals surface area contributed by atoms with Crippen LogP contribution in [0, 0.1) is 6.92 Å². The Balaban J connectivity index is 2.96. The molecule has 0 aliphatic carbocycles. The van der Waals surface area contributed by atoms with Crippen LogP contribution in [0.3, 0.4) is 0 Å². The monoisotopic (exact) mass is 138 g/mol. The molecule has 54 valence electrons. The van der Waals surface area contributed by atoms with E-state index in [9.17, 15) is 0 Å². The van der Waals surface area contributed by atoms with Gasteiger partial charge in [0.15, 0.2) is 0 Å². The molecule has 0 fully saturated rings. The van der Waals surface area contributed by atoms with Crippen molar-refractivity contribution in [1.29, 1.82) is 0 Å². The predicted octanol–water partition coefficient (Wildman–Crippen LogP) is 1.06. The van der Waals surface area contributed by atoms with Gasteiger partial charge in [-0.05, 0) is 24.6 Å². The van der Waals surface area contributed by atoms with E-state index in [0.29, 0.717) is 10.9 Å². The molecule has 3 nitrogen and oxygen atoms in total. The molecule has 0 radical (unpaired) electrons. The molecule has 1 aromatic carbocycles. The van der Waals surface area contributed by atoms with Gasteiger partial charge >= 0.3 is 0 Å². The Bertz CT molecular complexity index is 223. The van der Waals surface area contributed by atoms with Gasteiger partial charge in [0.25, 0.3) is 0 Å². The first-order valence-corrected chi connectivity index (χ1v) is 3.00. The van der Waals surface area contributed by atoms with Crippen molar-refractivity contribution in [3.8, 4) is 0 Å². The van der Waals surface area contributed by atoms with E-state index in [1.165, 1.54) is 0 Å². The molecule has 0 saturated heterocycles. The maximum atomic E-state index is 8.76. The predicted molar refractivity (Wildman–Crippen MR) is 39.6 cm³/mol. The number of anilines is 1. The van der Waals surface area contributed by atoms with E-state index in [2.05, 4.69) is 0 Å². The molecule has 0 atom stereocenters. The Kier molecular flexibility index (Phi) is 1.89. The van der Waals surface area contributed by atoms with Crippen LogP contribution in [0.4, 0.5) is 5.69 Å². The number of nitrogens with two attached hydrogens (primary N) is 1. The third-order valence-corrected chi connectivity index (χ3v) is 1.27. The summed E-state index contributed by atoms with van der Waals surface area (Å²) in [5.74, 6) is 5.07. The molecule has 0 bridgehead atoms. The van der Waals surface area contributed by atoms with Crippen LogP contribution in [0.2, 0.25) is 0 Å². The zero-order valence-electron chi connectivity index (χ0n) is 5.78. The summed E-state index contributed by atoms with van der Waals surface area (Å²) >= 11 is 0. The average Bonchev–Trinajstić information content (AvgIpc) is 1.88. The fourth-order valence-electron chi connectivity index (χ4n) is 0.770. The second-order valence-electron chi connectivity index (χ2n) is 2.18. The molecule has 10 heavy (non-hydrogen) atoms. The maximum absolute atomic E-state index is 8.76. The van der Waals surface area contributed by atoms with Gasteiger partial charge in [-0.15, -0.1) is 0 Å². The van der Waals surface area contributed by atoms with Gasteiger partial charge in [-0.1, -0.05) is 12.1 Å². The van der Waals surface area contributed by atoms with Crippen LogP contribution >= 0.6 is 0 Å². The molecule has 1 rings (SSSR count). The highest BCUT2D eigenvalue weighted by Crippen LogP contribution is 2.10. The van der Waals surface area contributed by atoms with Crippen molar-refractivity contribution in [2.75, 3.05) is 5.17 Å². The highest BCUT2D eigenvalue weighted by molar-refractivity contribution is 5.44. The number of hydrogen-bond acceptors (Lipinski definition) is 3. The summed E-state index contributed by atoms with van der Waals surface area (Å²) < 4.78 is 0. The first kappa shape index (κ1) is 7.05. The van der Waals surface area contributed by atoms with Crippen molar-refractivity contribution in [2.45, 2.75) is 6.92 Å². The standard InChI is InChI=1S/C7H10N2O/c1-6-3-2-4-7(5-6)9(8)10/h2-5,10H,8H2,1H3. The molecule has 3 heteroatoms. The van der Waals surface area contributed by atoms with Crippen molar-refractivity contribution in [3.63, 3.8) is 0 Å². The normalized spacial score (nSPS) is 9.50. The van der Waals surface area contributed by atoms with Crippen LogP contribution in [0.15, 0.2) is 24.3 Å². The topological polar surface area (TPSA) is 49.5 Å². The average molecular weight is 138 g/mol. The highest BCUT2D eigenvalue weighted by atomic mass is 16.5. The van der Waals surface area contributed by atoms with E-state index in [-0.39, 0.29) is 0 Å². The molecule has 0 heterocycles. The molecule has 0 aliphatic rings. The molecular weight excluding hydrogens is 128 g/mol. The van der Waals surface area contributed by atoms with Crippen LogP contribution in [-0.2, 0) is 0 Å². The van der Waals surface area contributed by atoms with Gasteiger partial charge in [0, 0.05) is 0 Å². The van der Waals surface area contributed by atoms with Crippen molar-refractivity contribution >= 4 is 5.69 Å². The first-order chi connectivity index (χ1) is 4.70. The largest absolute Gasteiger partial charge is 0.273 e. The van der Waals surface area contributed by atoms with E-state index in [1.54, 1.807) is 12.1 Å². The highest BCUT2D eigenvalue weighted by Gasteiger charge is 1.94. The molecule has 0 spiro atoms. The SMILES string of the molecule is Cc1cccc(N(N)O)c1. The van der Waals surface area contributed by atoms with Crippen LogP contribution in [0.5, 0.6) is 0 Å². The van der Waals surface area contributed by atoms with Crippen molar-refractivity contribution in [1.82, 2.24) is 0 Å². The third-order valence-electron chi connectivity index (χ3n) is 1.27. The van der Waals surface area contributed by atoms with Crippen LogP contribution in [-0.4, -0.2) is 5.21 Å². The minimum Gasteiger partial charge on any atom is -0.273 e. The number of benzene rings is 1. The summed E-state index contributed by atoms with van der Waals surface area (Å²) in [5, 5.41) is 9.36. The molecule has 3 N–H and O–H groups in total. The lowest BCUT2D eigenvalue weighted by molar-refractivity contribution is 0.257. The Hall–Kier alpha value is -1.06. The van der Waals surface area contributed by atoms with E-state index in [0.717, 1.165) is 5.56 Å². The van der Waals surface area contributed by atoms with Crippen LogP contribution in [0.25, 0.3) is 0 Å². The van der Waals surface area contributed by atoms with E-state index < -0.39 is 0 Å². The summed E-state index contributed by atoms with van der Waals surface area (Å²) in [6, 6.07) is 7.29. The molecule has 0 unspecified atom stereocenters. The Morgan fingerprint density at radius 3 is 2.60 bits per heavy atom. The minimum atomic E-state index is 0.597. The maximum Gasteiger partial charge on any atom is 0.0820 e. The lowest BCUT2D eigenvalue weighted by Crippen LogP contribution is -2.25.